The number of aryl methyl sites for hydroxylation is 1. The Labute approximate surface area is 115 Å². The summed E-state index contributed by atoms with van der Waals surface area (Å²) in [5.41, 5.74) is 7.49. The molecule has 102 valence electrons. The number of rotatable bonds is 5. The van der Waals surface area contributed by atoms with Crippen molar-refractivity contribution in [1.82, 2.24) is 10.1 Å². The summed E-state index contributed by atoms with van der Waals surface area (Å²) in [5.74, 6) is 1.54. The van der Waals surface area contributed by atoms with Gasteiger partial charge in [-0.2, -0.15) is 16.7 Å². The third-order valence-corrected chi connectivity index (χ3v) is 3.47. The van der Waals surface area contributed by atoms with Gasteiger partial charge in [-0.25, -0.2) is 4.39 Å². The molecule has 0 bridgehead atoms. The number of thioether (sulfide) groups is 1. The minimum Gasteiger partial charge on any atom is -0.337 e. The van der Waals surface area contributed by atoms with Crippen molar-refractivity contribution < 1.29 is 8.91 Å². The summed E-state index contributed by atoms with van der Waals surface area (Å²) in [7, 11) is 0. The van der Waals surface area contributed by atoms with Crippen molar-refractivity contribution >= 4 is 11.8 Å². The predicted molar refractivity (Wildman–Crippen MR) is 74.4 cm³/mol. The fraction of sp³-hybridized carbons (Fsp3) is 0.385. The summed E-state index contributed by atoms with van der Waals surface area (Å²) in [4.78, 5) is 4.29. The van der Waals surface area contributed by atoms with Crippen molar-refractivity contribution in [2.75, 3.05) is 12.0 Å². The Kier molecular flexibility index (Phi) is 4.55. The van der Waals surface area contributed by atoms with E-state index in [0.29, 0.717) is 11.7 Å². The third-order valence-electron chi connectivity index (χ3n) is 2.82. The normalized spacial score (nSPS) is 12.6. The van der Waals surface area contributed by atoms with Crippen LogP contribution in [0.4, 0.5) is 4.39 Å². The lowest BCUT2D eigenvalue weighted by atomic mass is 10.1. The first kappa shape index (κ1) is 14.0. The summed E-state index contributed by atoms with van der Waals surface area (Å²) in [6, 6.07) is 4.21. The van der Waals surface area contributed by atoms with E-state index in [1.54, 1.807) is 17.8 Å². The van der Waals surface area contributed by atoms with Gasteiger partial charge in [-0.05, 0) is 49.1 Å². The first-order chi connectivity index (χ1) is 9.11. The molecule has 0 unspecified atom stereocenters. The molecule has 0 radical (unpaired) electrons. The van der Waals surface area contributed by atoms with Crippen LogP contribution in [0, 0.1) is 12.7 Å². The van der Waals surface area contributed by atoms with Crippen molar-refractivity contribution in [1.29, 1.82) is 0 Å². The van der Waals surface area contributed by atoms with E-state index in [-0.39, 0.29) is 11.9 Å². The second-order valence-corrected chi connectivity index (χ2v) is 5.29. The van der Waals surface area contributed by atoms with Crippen LogP contribution >= 0.6 is 11.8 Å². The Hall–Kier alpha value is -1.40. The van der Waals surface area contributed by atoms with E-state index in [9.17, 15) is 4.39 Å². The van der Waals surface area contributed by atoms with E-state index in [2.05, 4.69) is 10.1 Å². The minimum atomic E-state index is -0.276. The standard InChI is InChI=1S/C13H16FN3OS/c1-8-7-9(14)3-4-10(8)12-16-13(18-17-12)11(15)5-6-19-2/h3-4,7,11H,5-6,15H2,1-2H3/t11-/m1/s1. The maximum atomic E-state index is 13.0. The average Bonchev–Trinajstić information content (AvgIpc) is 2.85. The van der Waals surface area contributed by atoms with Crippen molar-refractivity contribution in [3.63, 3.8) is 0 Å². The summed E-state index contributed by atoms with van der Waals surface area (Å²) >= 11 is 1.72. The lowest BCUT2D eigenvalue weighted by Crippen LogP contribution is -2.11. The molecule has 0 saturated carbocycles. The van der Waals surface area contributed by atoms with Gasteiger partial charge in [0.2, 0.25) is 11.7 Å². The van der Waals surface area contributed by atoms with Crippen molar-refractivity contribution in [2.45, 2.75) is 19.4 Å². The van der Waals surface area contributed by atoms with Crippen LogP contribution in [0.1, 0.15) is 23.9 Å². The monoisotopic (exact) mass is 281 g/mol. The van der Waals surface area contributed by atoms with Crippen molar-refractivity contribution in [3.05, 3.63) is 35.5 Å². The Morgan fingerprint density at radius 2 is 2.26 bits per heavy atom. The first-order valence-corrected chi connectivity index (χ1v) is 7.36. The van der Waals surface area contributed by atoms with Gasteiger partial charge in [-0.3, -0.25) is 0 Å². The smallest absolute Gasteiger partial charge is 0.243 e. The van der Waals surface area contributed by atoms with Crippen LogP contribution < -0.4 is 5.73 Å². The van der Waals surface area contributed by atoms with Crippen LogP contribution in [0.2, 0.25) is 0 Å². The quantitative estimate of drug-likeness (QED) is 0.912. The largest absolute Gasteiger partial charge is 0.337 e. The zero-order chi connectivity index (χ0) is 13.8. The number of hydrogen-bond acceptors (Lipinski definition) is 5. The van der Waals surface area contributed by atoms with Crippen molar-refractivity contribution in [3.8, 4) is 11.4 Å². The van der Waals surface area contributed by atoms with Crippen LogP contribution in [-0.4, -0.2) is 22.1 Å². The molecule has 2 rings (SSSR count). The molecule has 0 amide bonds. The molecule has 0 aliphatic carbocycles. The van der Waals surface area contributed by atoms with Gasteiger partial charge in [0.1, 0.15) is 5.82 Å². The van der Waals surface area contributed by atoms with Crippen LogP contribution in [-0.2, 0) is 0 Å². The number of nitrogens with two attached hydrogens (primary N) is 1. The molecule has 1 atom stereocenters. The molecule has 1 aromatic carbocycles. The molecule has 6 heteroatoms. The third kappa shape index (κ3) is 3.33. The maximum Gasteiger partial charge on any atom is 0.243 e. The van der Waals surface area contributed by atoms with Crippen LogP contribution in [0.5, 0.6) is 0 Å². The summed E-state index contributed by atoms with van der Waals surface area (Å²) in [6.07, 6.45) is 2.80. The topological polar surface area (TPSA) is 64.9 Å². The van der Waals surface area contributed by atoms with Gasteiger partial charge in [-0.15, -0.1) is 0 Å². The second-order valence-electron chi connectivity index (χ2n) is 4.30. The Morgan fingerprint density at radius 1 is 1.47 bits per heavy atom. The molecule has 0 spiro atoms. The SMILES string of the molecule is CSCC[C@@H](N)c1nc(-c2ccc(F)cc2C)no1. The highest BCUT2D eigenvalue weighted by atomic mass is 32.2. The number of nitrogens with zero attached hydrogens (tertiary/aromatic N) is 2. The van der Waals surface area contributed by atoms with Gasteiger partial charge < -0.3 is 10.3 Å². The Bertz CT molecular complexity index is 559. The number of halogens is 1. The fourth-order valence-corrected chi connectivity index (χ4v) is 2.23. The molecule has 2 aromatic rings. The highest BCUT2D eigenvalue weighted by Crippen LogP contribution is 2.23. The van der Waals surface area contributed by atoms with E-state index in [0.717, 1.165) is 23.3 Å². The Balaban J connectivity index is 2.20. The average molecular weight is 281 g/mol. The molecule has 1 heterocycles. The van der Waals surface area contributed by atoms with Crippen molar-refractivity contribution in [2.24, 2.45) is 5.73 Å². The molecule has 2 N–H and O–H groups in total. The molecule has 19 heavy (non-hydrogen) atoms. The molecule has 4 nitrogen and oxygen atoms in total. The van der Waals surface area contributed by atoms with E-state index in [4.69, 9.17) is 10.3 Å². The van der Waals surface area contributed by atoms with E-state index in [1.807, 2.05) is 13.2 Å². The highest BCUT2D eigenvalue weighted by molar-refractivity contribution is 7.98. The Morgan fingerprint density at radius 3 is 2.95 bits per heavy atom. The zero-order valence-corrected chi connectivity index (χ0v) is 11.7. The van der Waals surface area contributed by atoms with Gasteiger partial charge in [0, 0.05) is 5.56 Å². The van der Waals surface area contributed by atoms with Gasteiger partial charge in [0.05, 0.1) is 6.04 Å². The lowest BCUT2D eigenvalue weighted by molar-refractivity contribution is 0.353. The molecule has 0 aliphatic rings. The summed E-state index contributed by atoms with van der Waals surface area (Å²) in [6.45, 7) is 1.81. The number of aromatic nitrogens is 2. The first-order valence-electron chi connectivity index (χ1n) is 5.96. The van der Waals surface area contributed by atoms with Gasteiger partial charge in [0.25, 0.3) is 0 Å². The molecular formula is C13H16FN3OS. The minimum absolute atomic E-state index is 0.255. The maximum absolute atomic E-state index is 13.0. The second kappa shape index (κ2) is 6.16. The van der Waals surface area contributed by atoms with Gasteiger partial charge in [0.15, 0.2) is 0 Å². The van der Waals surface area contributed by atoms with Gasteiger partial charge in [-0.1, -0.05) is 5.16 Å². The van der Waals surface area contributed by atoms with E-state index >= 15 is 0 Å². The van der Waals surface area contributed by atoms with Gasteiger partial charge >= 0.3 is 0 Å². The number of hydrogen-bond donors (Lipinski definition) is 1. The summed E-state index contributed by atoms with van der Waals surface area (Å²) in [5, 5.41) is 3.91. The van der Waals surface area contributed by atoms with Crippen LogP contribution in [0.25, 0.3) is 11.4 Å². The van der Waals surface area contributed by atoms with E-state index < -0.39 is 0 Å². The molecule has 0 saturated heterocycles. The van der Waals surface area contributed by atoms with Crippen LogP contribution in [0.15, 0.2) is 22.7 Å². The molecule has 0 aliphatic heterocycles. The molecule has 1 aromatic heterocycles. The fourth-order valence-electron chi connectivity index (χ4n) is 1.74. The highest BCUT2D eigenvalue weighted by Gasteiger charge is 2.16. The number of benzene rings is 1. The zero-order valence-electron chi connectivity index (χ0n) is 10.9. The molecular weight excluding hydrogens is 265 g/mol. The van der Waals surface area contributed by atoms with E-state index in [1.165, 1.54) is 12.1 Å². The predicted octanol–water partition coefficient (Wildman–Crippen LogP) is 2.94. The lowest BCUT2D eigenvalue weighted by Gasteiger charge is -2.04. The van der Waals surface area contributed by atoms with Crippen LogP contribution in [0.3, 0.4) is 0 Å². The molecule has 0 fully saturated rings. The summed E-state index contributed by atoms with van der Waals surface area (Å²) < 4.78 is 18.2.